The van der Waals surface area contributed by atoms with E-state index in [4.69, 9.17) is 0 Å². The van der Waals surface area contributed by atoms with Gasteiger partial charge in [-0.1, -0.05) is 19.3 Å². The standard InChI is InChI=1S/C17H32N4/c1-14-17(15(2)21(4)19-14)13-18-11-8-12-20(3)16-9-6-5-7-10-16/h16,18H,5-13H2,1-4H3. The van der Waals surface area contributed by atoms with Gasteiger partial charge in [-0.2, -0.15) is 5.10 Å². The molecule has 0 aromatic carbocycles. The Hall–Kier alpha value is -0.870. The van der Waals surface area contributed by atoms with E-state index in [1.165, 1.54) is 56.3 Å². The molecular weight excluding hydrogens is 260 g/mol. The lowest BCUT2D eigenvalue weighted by molar-refractivity contribution is 0.189. The molecule has 1 aliphatic rings. The molecule has 0 unspecified atom stereocenters. The number of nitrogens with zero attached hydrogens (tertiary/aromatic N) is 3. The van der Waals surface area contributed by atoms with Gasteiger partial charge in [-0.3, -0.25) is 4.68 Å². The first-order valence-corrected chi connectivity index (χ1v) is 8.49. The summed E-state index contributed by atoms with van der Waals surface area (Å²) in [6.45, 7) is 7.49. The highest BCUT2D eigenvalue weighted by molar-refractivity contribution is 5.23. The zero-order chi connectivity index (χ0) is 15.2. The van der Waals surface area contributed by atoms with Crippen LogP contribution in [0.3, 0.4) is 0 Å². The first-order chi connectivity index (χ1) is 10.1. The van der Waals surface area contributed by atoms with E-state index in [1.807, 2.05) is 11.7 Å². The maximum Gasteiger partial charge on any atom is 0.0641 e. The van der Waals surface area contributed by atoms with Gasteiger partial charge in [0, 0.05) is 30.9 Å². The molecule has 0 amide bonds. The van der Waals surface area contributed by atoms with Crippen molar-refractivity contribution in [2.24, 2.45) is 7.05 Å². The smallest absolute Gasteiger partial charge is 0.0641 e. The van der Waals surface area contributed by atoms with Gasteiger partial charge in [0.1, 0.15) is 0 Å². The average molecular weight is 292 g/mol. The molecule has 1 N–H and O–H groups in total. The van der Waals surface area contributed by atoms with Crippen molar-refractivity contribution in [3.8, 4) is 0 Å². The summed E-state index contributed by atoms with van der Waals surface area (Å²) in [5, 5.41) is 8.04. The number of rotatable bonds is 7. The fraction of sp³-hybridized carbons (Fsp3) is 0.824. The summed E-state index contributed by atoms with van der Waals surface area (Å²) in [5.41, 5.74) is 3.79. The Morgan fingerprint density at radius 2 is 1.95 bits per heavy atom. The second kappa shape index (κ2) is 7.95. The van der Waals surface area contributed by atoms with Gasteiger partial charge in [0.15, 0.2) is 0 Å². The average Bonchev–Trinajstić information content (AvgIpc) is 2.73. The van der Waals surface area contributed by atoms with Gasteiger partial charge in [0.05, 0.1) is 5.69 Å². The fourth-order valence-electron chi connectivity index (χ4n) is 3.44. The zero-order valence-electron chi connectivity index (χ0n) is 14.3. The van der Waals surface area contributed by atoms with E-state index in [-0.39, 0.29) is 0 Å². The number of nitrogens with one attached hydrogen (secondary N) is 1. The van der Waals surface area contributed by atoms with Crippen LogP contribution in [0.25, 0.3) is 0 Å². The van der Waals surface area contributed by atoms with Gasteiger partial charge in [-0.15, -0.1) is 0 Å². The second-order valence-electron chi connectivity index (χ2n) is 6.58. The first-order valence-electron chi connectivity index (χ1n) is 8.49. The molecule has 1 aromatic heterocycles. The molecule has 1 aliphatic carbocycles. The van der Waals surface area contributed by atoms with Crippen LogP contribution >= 0.6 is 0 Å². The second-order valence-corrected chi connectivity index (χ2v) is 6.58. The van der Waals surface area contributed by atoms with Gasteiger partial charge < -0.3 is 10.2 Å². The minimum absolute atomic E-state index is 0.835. The van der Waals surface area contributed by atoms with Gasteiger partial charge in [-0.25, -0.2) is 0 Å². The number of hydrogen-bond acceptors (Lipinski definition) is 3. The van der Waals surface area contributed by atoms with Crippen molar-refractivity contribution in [1.82, 2.24) is 20.0 Å². The molecular formula is C17H32N4. The van der Waals surface area contributed by atoms with Crippen LogP contribution in [0.5, 0.6) is 0 Å². The molecule has 0 bridgehead atoms. The lowest BCUT2D eigenvalue weighted by Crippen LogP contribution is -2.35. The molecule has 21 heavy (non-hydrogen) atoms. The van der Waals surface area contributed by atoms with Crippen LogP contribution in [-0.4, -0.2) is 40.9 Å². The highest BCUT2D eigenvalue weighted by Crippen LogP contribution is 2.21. The van der Waals surface area contributed by atoms with Crippen LogP contribution in [0.15, 0.2) is 0 Å². The SMILES string of the molecule is Cc1nn(C)c(C)c1CNCCCN(C)C1CCCCC1. The third-order valence-electron chi connectivity index (χ3n) is 5.02. The molecule has 2 rings (SSSR count). The molecule has 0 atom stereocenters. The lowest BCUT2D eigenvalue weighted by Gasteiger charge is -2.31. The fourth-order valence-corrected chi connectivity index (χ4v) is 3.44. The Morgan fingerprint density at radius 3 is 2.57 bits per heavy atom. The molecule has 1 saturated carbocycles. The summed E-state index contributed by atoms with van der Waals surface area (Å²) < 4.78 is 1.98. The van der Waals surface area contributed by atoms with E-state index in [9.17, 15) is 0 Å². The molecule has 1 aromatic rings. The molecule has 0 aliphatic heterocycles. The monoisotopic (exact) mass is 292 g/mol. The highest BCUT2D eigenvalue weighted by atomic mass is 15.3. The molecule has 0 spiro atoms. The summed E-state index contributed by atoms with van der Waals surface area (Å²) in [6.07, 6.45) is 8.32. The normalized spacial score (nSPS) is 16.8. The van der Waals surface area contributed by atoms with Gasteiger partial charge in [-0.05, 0) is 53.2 Å². The maximum absolute atomic E-state index is 4.47. The minimum Gasteiger partial charge on any atom is -0.312 e. The van der Waals surface area contributed by atoms with Crippen molar-refractivity contribution in [3.63, 3.8) is 0 Å². The van der Waals surface area contributed by atoms with Crippen molar-refractivity contribution in [1.29, 1.82) is 0 Å². The third-order valence-corrected chi connectivity index (χ3v) is 5.02. The zero-order valence-corrected chi connectivity index (χ0v) is 14.3. The summed E-state index contributed by atoms with van der Waals surface area (Å²) in [4.78, 5) is 2.57. The lowest BCUT2D eigenvalue weighted by atomic mass is 9.94. The van der Waals surface area contributed by atoms with E-state index in [0.29, 0.717) is 0 Å². The van der Waals surface area contributed by atoms with Crippen LogP contribution in [-0.2, 0) is 13.6 Å². The number of hydrogen-bond donors (Lipinski definition) is 1. The molecule has 4 nitrogen and oxygen atoms in total. The van der Waals surface area contributed by atoms with Crippen molar-refractivity contribution >= 4 is 0 Å². The highest BCUT2D eigenvalue weighted by Gasteiger charge is 2.17. The van der Waals surface area contributed by atoms with E-state index < -0.39 is 0 Å². The van der Waals surface area contributed by atoms with Gasteiger partial charge >= 0.3 is 0 Å². The molecule has 1 heterocycles. The van der Waals surface area contributed by atoms with E-state index >= 15 is 0 Å². The van der Waals surface area contributed by atoms with Crippen LogP contribution in [0.1, 0.15) is 55.5 Å². The minimum atomic E-state index is 0.835. The van der Waals surface area contributed by atoms with Crippen LogP contribution < -0.4 is 5.32 Å². The van der Waals surface area contributed by atoms with E-state index in [0.717, 1.165) is 24.8 Å². The van der Waals surface area contributed by atoms with Crippen molar-refractivity contribution in [2.75, 3.05) is 20.1 Å². The Balaban J connectivity index is 1.63. The van der Waals surface area contributed by atoms with Gasteiger partial charge in [0.2, 0.25) is 0 Å². The van der Waals surface area contributed by atoms with E-state index in [2.05, 4.69) is 36.2 Å². The summed E-state index contributed by atoms with van der Waals surface area (Å²) in [5.74, 6) is 0. The number of aryl methyl sites for hydroxylation is 2. The first kappa shape index (κ1) is 16.5. The summed E-state index contributed by atoms with van der Waals surface area (Å²) in [6, 6.07) is 0.835. The van der Waals surface area contributed by atoms with Gasteiger partial charge in [0.25, 0.3) is 0 Å². The number of aromatic nitrogens is 2. The van der Waals surface area contributed by atoms with Crippen LogP contribution in [0, 0.1) is 13.8 Å². The van der Waals surface area contributed by atoms with E-state index in [1.54, 1.807) is 0 Å². The molecule has 0 radical (unpaired) electrons. The largest absolute Gasteiger partial charge is 0.312 e. The molecule has 1 fully saturated rings. The quantitative estimate of drug-likeness (QED) is 0.785. The maximum atomic E-state index is 4.47. The third kappa shape index (κ3) is 4.55. The van der Waals surface area contributed by atoms with Crippen molar-refractivity contribution in [2.45, 2.75) is 65.0 Å². The van der Waals surface area contributed by atoms with Crippen LogP contribution in [0.4, 0.5) is 0 Å². The Bertz CT molecular complexity index is 432. The predicted octanol–water partition coefficient (Wildman–Crippen LogP) is 2.78. The van der Waals surface area contributed by atoms with Crippen LogP contribution in [0.2, 0.25) is 0 Å². The molecule has 4 heteroatoms. The van der Waals surface area contributed by atoms with Crippen molar-refractivity contribution in [3.05, 3.63) is 17.0 Å². The summed E-state index contributed by atoms with van der Waals surface area (Å²) >= 11 is 0. The summed E-state index contributed by atoms with van der Waals surface area (Å²) in [7, 11) is 4.32. The molecule has 120 valence electrons. The Morgan fingerprint density at radius 1 is 1.24 bits per heavy atom. The Kier molecular flexibility index (Phi) is 6.24. The Labute approximate surface area is 129 Å². The van der Waals surface area contributed by atoms with Crippen molar-refractivity contribution < 1.29 is 0 Å². The predicted molar refractivity (Wildman–Crippen MR) is 88.5 cm³/mol. The topological polar surface area (TPSA) is 33.1 Å². The molecule has 0 saturated heterocycles.